The second-order valence-corrected chi connectivity index (χ2v) is 8.06. The number of nitrogens with zero attached hydrogens (tertiary/aromatic N) is 1. The van der Waals surface area contributed by atoms with Crippen LogP contribution in [0.25, 0.3) is 0 Å². The summed E-state index contributed by atoms with van der Waals surface area (Å²) in [6.45, 7) is 10.8. The molecule has 0 spiro atoms. The normalized spacial score (nSPS) is 11.7. The van der Waals surface area contributed by atoms with Gasteiger partial charge in [0.15, 0.2) is 0 Å². The Morgan fingerprint density at radius 2 is 1.29 bits per heavy atom. The van der Waals surface area contributed by atoms with Crippen molar-refractivity contribution in [2.45, 2.75) is 71.8 Å². The van der Waals surface area contributed by atoms with Gasteiger partial charge in [0.2, 0.25) is 0 Å². The van der Waals surface area contributed by atoms with Gasteiger partial charge >= 0.3 is 16.4 Å². The quantitative estimate of drug-likeness (QED) is 0.292. The molecule has 0 amide bonds. The first-order chi connectivity index (χ1) is 14.4. The van der Waals surface area contributed by atoms with Crippen molar-refractivity contribution in [2.24, 2.45) is 5.73 Å². The molecule has 0 fully saturated rings. The van der Waals surface area contributed by atoms with E-state index in [9.17, 15) is 4.79 Å². The number of rotatable bonds is 12. The molecular formula is C21H40N2O7S. The van der Waals surface area contributed by atoms with Crippen LogP contribution in [0.3, 0.4) is 0 Å². The van der Waals surface area contributed by atoms with Crippen molar-refractivity contribution in [3.8, 4) is 5.75 Å². The smallest absolute Gasteiger partial charge is 0.394 e. The predicted molar refractivity (Wildman–Crippen MR) is 123 cm³/mol. The van der Waals surface area contributed by atoms with Crippen molar-refractivity contribution in [3.05, 3.63) is 29.8 Å². The number of phenols is 1. The second-order valence-electron chi connectivity index (χ2n) is 7.17. The average molecular weight is 465 g/mol. The van der Waals surface area contributed by atoms with Gasteiger partial charge in [-0.15, -0.1) is 0 Å². The lowest BCUT2D eigenvalue weighted by molar-refractivity contribution is -0.138. The molecule has 10 heteroatoms. The third kappa shape index (κ3) is 24.4. The molecule has 31 heavy (non-hydrogen) atoms. The number of nitrogens with two attached hydrogens (primary N) is 1. The maximum atomic E-state index is 10.4. The molecule has 0 aliphatic carbocycles. The molecule has 0 radical (unpaired) electrons. The minimum atomic E-state index is -4.67. The number of aliphatic carboxylic acids is 1. The summed E-state index contributed by atoms with van der Waals surface area (Å²) in [5.74, 6) is -0.860. The fourth-order valence-corrected chi connectivity index (χ4v) is 2.45. The highest BCUT2D eigenvalue weighted by molar-refractivity contribution is 7.79. The van der Waals surface area contributed by atoms with Crippen molar-refractivity contribution in [3.63, 3.8) is 0 Å². The molecule has 0 aliphatic heterocycles. The Labute approximate surface area is 186 Å². The lowest BCUT2D eigenvalue weighted by Gasteiger charge is -2.21. The van der Waals surface area contributed by atoms with E-state index in [0.29, 0.717) is 0 Å². The molecule has 0 bridgehead atoms. The van der Waals surface area contributed by atoms with Gasteiger partial charge in [-0.25, -0.2) is 0 Å². The Hall–Kier alpha value is -1.72. The van der Waals surface area contributed by atoms with Crippen LogP contribution >= 0.6 is 0 Å². The highest BCUT2D eigenvalue weighted by atomic mass is 32.3. The Morgan fingerprint density at radius 1 is 0.935 bits per heavy atom. The zero-order valence-corrected chi connectivity index (χ0v) is 19.7. The maximum Gasteiger partial charge on any atom is 0.394 e. The summed E-state index contributed by atoms with van der Waals surface area (Å²) in [4.78, 5) is 13.0. The van der Waals surface area contributed by atoms with Crippen molar-refractivity contribution in [2.75, 3.05) is 19.6 Å². The molecule has 182 valence electrons. The van der Waals surface area contributed by atoms with Gasteiger partial charge in [0.1, 0.15) is 11.8 Å². The van der Waals surface area contributed by atoms with Crippen molar-refractivity contribution in [1.82, 2.24) is 4.90 Å². The van der Waals surface area contributed by atoms with Crippen LogP contribution in [-0.4, -0.2) is 64.3 Å². The summed E-state index contributed by atoms with van der Waals surface area (Å²) in [5, 5.41) is 17.5. The van der Waals surface area contributed by atoms with E-state index in [2.05, 4.69) is 25.7 Å². The first kappa shape index (κ1) is 31.5. The maximum absolute atomic E-state index is 10.4. The second kappa shape index (κ2) is 19.0. The number of carbonyl (C=O) groups is 1. The fraction of sp³-hybridized carbons (Fsp3) is 0.667. The van der Waals surface area contributed by atoms with Crippen LogP contribution in [0, 0.1) is 0 Å². The summed E-state index contributed by atoms with van der Waals surface area (Å²) in [5.41, 5.74) is 6.12. The Bertz CT molecular complexity index is 640. The molecule has 0 unspecified atom stereocenters. The molecule has 1 rings (SSSR count). The van der Waals surface area contributed by atoms with Crippen LogP contribution in [0.1, 0.15) is 64.9 Å². The van der Waals surface area contributed by atoms with Gasteiger partial charge in [0.05, 0.1) is 0 Å². The molecule has 0 aromatic heterocycles. The number of carboxylic acids is 1. The van der Waals surface area contributed by atoms with Gasteiger partial charge in [-0.05, 0) is 63.0 Å². The molecule has 0 saturated carbocycles. The van der Waals surface area contributed by atoms with Gasteiger partial charge in [0.25, 0.3) is 0 Å². The Morgan fingerprint density at radius 3 is 1.58 bits per heavy atom. The topological polar surface area (TPSA) is 161 Å². The molecule has 6 N–H and O–H groups in total. The number of aromatic hydroxyl groups is 1. The number of carboxylic acid groups (broad SMARTS) is 1. The number of hydrogen-bond acceptors (Lipinski definition) is 6. The van der Waals surface area contributed by atoms with Gasteiger partial charge in [-0.2, -0.15) is 8.42 Å². The lowest BCUT2D eigenvalue weighted by atomic mass is 10.1. The van der Waals surface area contributed by atoms with E-state index in [0.717, 1.165) is 5.56 Å². The van der Waals surface area contributed by atoms with E-state index in [-0.39, 0.29) is 12.2 Å². The largest absolute Gasteiger partial charge is 0.508 e. The van der Waals surface area contributed by atoms with E-state index in [4.69, 9.17) is 33.5 Å². The van der Waals surface area contributed by atoms with Crippen LogP contribution in [0.4, 0.5) is 0 Å². The summed E-state index contributed by atoms with van der Waals surface area (Å²) in [6, 6.07) is 5.42. The summed E-state index contributed by atoms with van der Waals surface area (Å²) in [6.07, 6.45) is 8.36. The highest BCUT2D eigenvalue weighted by Crippen LogP contribution is 2.10. The van der Waals surface area contributed by atoms with Crippen LogP contribution in [0.15, 0.2) is 24.3 Å². The number of hydrogen-bond donors (Lipinski definition) is 5. The first-order valence-corrected chi connectivity index (χ1v) is 12.0. The van der Waals surface area contributed by atoms with Crippen molar-refractivity contribution in [1.29, 1.82) is 0 Å². The van der Waals surface area contributed by atoms with Crippen LogP contribution < -0.4 is 5.73 Å². The summed E-state index contributed by atoms with van der Waals surface area (Å²) in [7, 11) is -4.67. The minimum absolute atomic E-state index is 0.160. The zero-order valence-electron chi connectivity index (χ0n) is 18.9. The third-order valence-corrected chi connectivity index (χ3v) is 4.19. The van der Waals surface area contributed by atoms with Crippen LogP contribution in [-0.2, 0) is 21.6 Å². The summed E-state index contributed by atoms with van der Waals surface area (Å²) >= 11 is 0. The number of phenolic OH excluding ortho intramolecular Hbond substituents is 1. The van der Waals surface area contributed by atoms with E-state index >= 15 is 0 Å². The van der Waals surface area contributed by atoms with E-state index in [1.165, 1.54) is 70.3 Å². The molecule has 0 heterocycles. The minimum Gasteiger partial charge on any atom is -0.508 e. The van der Waals surface area contributed by atoms with Gasteiger partial charge in [-0.3, -0.25) is 13.9 Å². The molecule has 9 nitrogen and oxygen atoms in total. The van der Waals surface area contributed by atoms with E-state index in [1.54, 1.807) is 12.1 Å². The summed E-state index contributed by atoms with van der Waals surface area (Å²) < 4.78 is 31.6. The van der Waals surface area contributed by atoms with Crippen molar-refractivity contribution >= 4 is 16.4 Å². The van der Waals surface area contributed by atoms with Crippen LogP contribution in [0.2, 0.25) is 0 Å². The third-order valence-electron chi connectivity index (χ3n) is 4.19. The Kier molecular flexibility index (Phi) is 19.3. The average Bonchev–Trinajstić information content (AvgIpc) is 2.68. The van der Waals surface area contributed by atoms with Gasteiger partial charge in [0, 0.05) is 0 Å². The Balaban J connectivity index is 0. The first-order valence-electron chi connectivity index (χ1n) is 10.6. The predicted octanol–water partition coefficient (Wildman–Crippen LogP) is 3.38. The van der Waals surface area contributed by atoms with Gasteiger partial charge in [-0.1, -0.05) is 52.2 Å². The fourth-order valence-electron chi connectivity index (χ4n) is 2.45. The van der Waals surface area contributed by atoms with Crippen molar-refractivity contribution < 1.29 is 32.5 Å². The molecular weight excluding hydrogens is 424 g/mol. The SMILES string of the molecule is CCCCN(CCCC)CCCC.N[C@@H](Cc1ccc(O)cc1)C(=O)O.O=S(=O)(O)O. The molecule has 0 aliphatic rings. The van der Waals surface area contributed by atoms with Crippen LogP contribution in [0.5, 0.6) is 5.75 Å². The number of benzene rings is 1. The molecule has 1 atom stereocenters. The lowest BCUT2D eigenvalue weighted by Crippen LogP contribution is -2.32. The molecule has 1 aromatic rings. The zero-order chi connectivity index (χ0) is 24.3. The van der Waals surface area contributed by atoms with E-state index in [1.807, 2.05) is 0 Å². The van der Waals surface area contributed by atoms with E-state index < -0.39 is 22.4 Å². The highest BCUT2D eigenvalue weighted by Gasteiger charge is 2.11. The van der Waals surface area contributed by atoms with Gasteiger partial charge < -0.3 is 20.8 Å². The molecule has 0 saturated heterocycles. The standard InChI is InChI=1S/C12H27N.C9H11NO3.H2O4S/c1-4-7-10-13(11-8-5-2)12-9-6-3;10-8(9(12)13)5-6-1-3-7(11)4-2-6;1-5(2,3)4/h4-12H2,1-3H3;1-4,8,11H,5,10H2,(H,12,13);(H2,1,2,3,4)/t;8-;/m.0./s1. The monoisotopic (exact) mass is 464 g/mol. The number of unbranched alkanes of at least 4 members (excludes halogenated alkanes) is 3. The molecule has 1 aromatic carbocycles.